The van der Waals surface area contributed by atoms with Gasteiger partial charge in [0.25, 0.3) is 0 Å². The van der Waals surface area contributed by atoms with Crippen LogP contribution in [0, 0.1) is 0 Å². The van der Waals surface area contributed by atoms with Gasteiger partial charge in [0, 0.05) is 12.3 Å². The fraction of sp³-hybridized carbons (Fsp3) is 0.500. The molecule has 0 fully saturated rings. The van der Waals surface area contributed by atoms with Crippen molar-refractivity contribution in [2.45, 2.75) is 24.6 Å². The predicted octanol–water partition coefficient (Wildman–Crippen LogP) is 1.52. The Balaban J connectivity index is 3.08. The number of ether oxygens (including phenoxy) is 1. The van der Waals surface area contributed by atoms with Gasteiger partial charge in [0.2, 0.25) is 0 Å². The number of benzene rings is 1. The third-order valence-electron chi connectivity index (χ3n) is 3.18. The highest BCUT2D eigenvalue weighted by Gasteiger charge is 2.37. The summed E-state index contributed by atoms with van der Waals surface area (Å²) >= 11 is 0. The van der Waals surface area contributed by atoms with Crippen LogP contribution in [0.25, 0.3) is 0 Å². The lowest BCUT2D eigenvalue weighted by Crippen LogP contribution is -2.42. The Bertz CT molecular complexity index is 477. The van der Waals surface area contributed by atoms with Gasteiger partial charge in [-0.05, 0) is 31.5 Å². The molecule has 0 spiro atoms. The second kappa shape index (κ2) is 4.66. The van der Waals surface area contributed by atoms with Crippen molar-refractivity contribution in [3.8, 4) is 5.75 Å². The number of nitrogens with two attached hydrogens (primary N) is 1. The van der Waals surface area contributed by atoms with Crippen molar-refractivity contribution in [1.82, 2.24) is 0 Å². The second-order valence-electron chi connectivity index (χ2n) is 4.63. The highest BCUT2D eigenvalue weighted by Crippen LogP contribution is 2.30. The molecule has 1 aromatic carbocycles. The molecule has 0 amide bonds. The summed E-state index contributed by atoms with van der Waals surface area (Å²) in [7, 11) is -1.64. The number of rotatable bonds is 4. The third kappa shape index (κ3) is 2.79. The van der Waals surface area contributed by atoms with Crippen molar-refractivity contribution in [3.63, 3.8) is 0 Å². The highest BCUT2D eigenvalue weighted by atomic mass is 32.2. The first-order valence-corrected chi connectivity index (χ1v) is 7.18. The van der Waals surface area contributed by atoms with Crippen LogP contribution < -0.4 is 10.5 Å². The van der Waals surface area contributed by atoms with E-state index in [1.165, 1.54) is 6.26 Å². The van der Waals surface area contributed by atoms with Crippen LogP contribution in [-0.4, -0.2) is 26.5 Å². The molecule has 1 rings (SSSR count). The van der Waals surface area contributed by atoms with E-state index in [0.29, 0.717) is 0 Å². The van der Waals surface area contributed by atoms with E-state index in [1.807, 2.05) is 0 Å². The van der Waals surface area contributed by atoms with E-state index in [2.05, 4.69) is 0 Å². The summed E-state index contributed by atoms with van der Waals surface area (Å²) < 4.78 is 27.4. The fourth-order valence-electron chi connectivity index (χ4n) is 1.44. The van der Waals surface area contributed by atoms with Crippen LogP contribution in [0.5, 0.6) is 5.75 Å². The largest absolute Gasteiger partial charge is 0.497 e. The molecule has 5 heteroatoms. The van der Waals surface area contributed by atoms with E-state index in [4.69, 9.17) is 10.5 Å². The minimum Gasteiger partial charge on any atom is -0.497 e. The SMILES string of the molecule is COc1ccc(C(N)C(C)(C)S(C)(=O)=O)cc1. The summed E-state index contributed by atoms with van der Waals surface area (Å²) in [6.07, 6.45) is 1.20. The molecule has 0 aliphatic rings. The maximum atomic E-state index is 11.7. The van der Waals surface area contributed by atoms with Crippen LogP contribution in [0.2, 0.25) is 0 Å². The molecule has 0 bridgehead atoms. The third-order valence-corrected chi connectivity index (χ3v) is 5.34. The molecular formula is C12H19NO3S. The Labute approximate surface area is 103 Å². The zero-order valence-electron chi connectivity index (χ0n) is 10.6. The van der Waals surface area contributed by atoms with E-state index >= 15 is 0 Å². The molecule has 4 nitrogen and oxygen atoms in total. The summed E-state index contributed by atoms with van der Waals surface area (Å²) in [6.45, 7) is 3.27. The Morgan fingerprint density at radius 2 is 1.71 bits per heavy atom. The standard InChI is InChI=1S/C12H19NO3S/c1-12(2,17(4,14)15)11(13)9-5-7-10(16-3)8-6-9/h5-8,11H,13H2,1-4H3. The monoisotopic (exact) mass is 257 g/mol. The minimum absolute atomic E-state index is 0.566. The molecule has 0 aliphatic carbocycles. The quantitative estimate of drug-likeness (QED) is 0.888. The van der Waals surface area contributed by atoms with Crippen molar-refractivity contribution in [2.24, 2.45) is 5.73 Å². The van der Waals surface area contributed by atoms with Gasteiger partial charge in [-0.15, -0.1) is 0 Å². The highest BCUT2D eigenvalue weighted by molar-refractivity contribution is 7.92. The van der Waals surface area contributed by atoms with E-state index in [9.17, 15) is 8.42 Å². The molecule has 0 saturated carbocycles. The van der Waals surface area contributed by atoms with Gasteiger partial charge in [-0.2, -0.15) is 0 Å². The summed E-state index contributed by atoms with van der Waals surface area (Å²) in [5.41, 5.74) is 6.81. The fourth-order valence-corrected chi connectivity index (χ4v) is 2.04. The van der Waals surface area contributed by atoms with E-state index in [-0.39, 0.29) is 0 Å². The number of hydrogen-bond acceptors (Lipinski definition) is 4. The zero-order valence-corrected chi connectivity index (χ0v) is 11.4. The normalized spacial score (nSPS) is 14.4. The lowest BCUT2D eigenvalue weighted by Gasteiger charge is -2.30. The molecule has 1 unspecified atom stereocenters. The number of hydrogen-bond donors (Lipinski definition) is 1. The lowest BCUT2D eigenvalue weighted by molar-refractivity contribution is 0.414. The summed E-state index contributed by atoms with van der Waals surface area (Å²) in [5, 5.41) is 0. The predicted molar refractivity (Wildman–Crippen MR) is 68.8 cm³/mol. The van der Waals surface area contributed by atoms with E-state index < -0.39 is 20.6 Å². The molecule has 0 aliphatic heterocycles. The second-order valence-corrected chi connectivity index (χ2v) is 7.22. The van der Waals surface area contributed by atoms with Crippen LogP contribution >= 0.6 is 0 Å². The minimum atomic E-state index is -3.22. The number of methoxy groups -OCH3 is 1. The van der Waals surface area contributed by atoms with Crippen molar-refractivity contribution in [3.05, 3.63) is 29.8 Å². The van der Waals surface area contributed by atoms with E-state index in [1.54, 1.807) is 45.2 Å². The zero-order chi connectivity index (χ0) is 13.3. The van der Waals surface area contributed by atoms with Gasteiger partial charge < -0.3 is 10.5 Å². The molecular weight excluding hydrogens is 238 g/mol. The Kier molecular flexibility index (Phi) is 3.84. The first-order chi connectivity index (χ1) is 7.70. The van der Waals surface area contributed by atoms with E-state index in [0.717, 1.165) is 11.3 Å². The van der Waals surface area contributed by atoms with Crippen LogP contribution in [-0.2, 0) is 9.84 Å². The van der Waals surface area contributed by atoms with Gasteiger partial charge in [-0.3, -0.25) is 0 Å². The molecule has 96 valence electrons. The maximum absolute atomic E-state index is 11.7. The molecule has 2 N–H and O–H groups in total. The average molecular weight is 257 g/mol. The van der Waals surface area contributed by atoms with Crippen molar-refractivity contribution in [1.29, 1.82) is 0 Å². The lowest BCUT2D eigenvalue weighted by atomic mass is 9.96. The summed E-state index contributed by atoms with van der Waals surface area (Å²) in [6, 6.07) is 6.55. The molecule has 1 atom stereocenters. The topological polar surface area (TPSA) is 69.4 Å². The molecule has 1 aromatic rings. The maximum Gasteiger partial charge on any atom is 0.154 e. The van der Waals surface area contributed by atoms with Crippen LogP contribution in [0.3, 0.4) is 0 Å². The van der Waals surface area contributed by atoms with Crippen LogP contribution in [0.15, 0.2) is 24.3 Å². The molecule has 0 saturated heterocycles. The summed E-state index contributed by atoms with van der Waals surface area (Å²) in [4.78, 5) is 0. The number of sulfone groups is 1. The van der Waals surface area contributed by atoms with Gasteiger partial charge in [0.05, 0.1) is 11.9 Å². The Morgan fingerprint density at radius 1 is 1.24 bits per heavy atom. The molecule has 0 radical (unpaired) electrons. The van der Waals surface area contributed by atoms with Crippen molar-refractivity contribution in [2.75, 3.05) is 13.4 Å². The van der Waals surface area contributed by atoms with Crippen LogP contribution in [0.4, 0.5) is 0 Å². The van der Waals surface area contributed by atoms with Crippen LogP contribution in [0.1, 0.15) is 25.5 Å². The molecule has 0 aromatic heterocycles. The van der Waals surface area contributed by atoms with Crippen molar-refractivity contribution < 1.29 is 13.2 Å². The molecule has 17 heavy (non-hydrogen) atoms. The smallest absolute Gasteiger partial charge is 0.154 e. The van der Waals surface area contributed by atoms with Gasteiger partial charge in [-0.25, -0.2) is 8.42 Å². The summed E-state index contributed by atoms with van der Waals surface area (Å²) in [5.74, 6) is 0.720. The first-order valence-electron chi connectivity index (χ1n) is 5.29. The Morgan fingerprint density at radius 3 is 2.06 bits per heavy atom. The van der Waals surface area contributed by atoms with Gasteiger partial charge in [-0.1, -0.05) is 12.1 Å². The van der Waals surface area contributed by atoms with Gasteiger partial charge >= 0.3 is 0 Å². The first kappa shape index (κ1) is 14.0. The van der Waals surface area contributed by atoms with Gasteiger partial charge in [0.15, 0.2) is 9.84 Å². The Hall–Kier alpha value is -1.07. The molecule has 0 heterocycles. The average Bonchev–Trinajstić information content (AvgIpc) is 2.26. The van der Waals surface area contributed by atoms with Gasteiger partial charge in [0.1, 0.15) is 5.75 Å². The van der Waals surface area contributed by atoms with Crippen molar-refractivity contribution >= 4 is 9.84 Å².